The molecule has 0 unspecified atom stereocenters. The molecule has 1 N–H and O–H groups in total. The van der Waals surface area contributed by atoms with E-state index in [-0.39, 0.29) is 6.61 Å². The largest absolute Gasteiger partial charge is 0.394 e. The number of aliphatic hydroxyl groups is 1. The third-order valence-corrected chi connectivity index (χ3v) is 2.20. The van der Waals surface area contributed by atoms with Gasteiger partial charge in [-0.2, -0.15) is 0 Å². The van der Waals surface area contributed by atoms with Crippen molar-refractivity contribution < 1.29 is 9.84 Å². The molecule has 17 heavy (non-hydrogen) atoms. The van der Waals surface area contributed by atoms with Crippen LogP contribution in [-0.2, 0) is 11.2 Å². The minimum absolute atomic E-state index is 0.0640. The first-order valence-electron chi connectivity index (χ1n) is 5.75. The molecule has 92 valence electrons. The van der Waals surface area contributed by atoms with Gasteiger partial charge in [-0.15, -0.1) is 6.58 Å². The molecule has 0 aromatic heterocycles. The molecule has 0 aliphatic heterocycles. The van der Waals surface area contributed by atoms with Crippen molar-refractivity contribution in [2.75, 3.05) is 26.4 Å². The molecular weight excluding hydrogens is 214 g/mol. The molecule has 0 heterocycles. The van der Waals surface area contributed by atoms with Gasteiger partial charge in [0.1, 0.15) is 0 Å². The van der Waals surface area contributed by atoms with Crippen LogP contribution in [0, 0.1) is 0 Å². The lowest BCUT2D eigenvalue weighted by atomic mass is 10.1. The molecule has 0 bridgehead atoms. The van der Waals surface area contributed by atoms with E-state index >= 15 is 0 Å². The Bertz CT molecular complexity index is 344. The highest BCUT2D eigenvalue weighted by Crippen LogP contribution is 2.03. The third-order valence-electron chi connectivity index (χ3n) is 2.20. The van der Waals surface area contributed by atoms with Crippen molar-refractivity contribution in [3.8, 4) is 0 Å². The van der Waals surface area contributed by atoms with Crippen molar-refractivity contribution in [2.24, 2.45) is 4.99 Å². The summed E-state index contributed by atoms with van der Waals surface area (Å²) < 4.78 is 5.10. The van der Waals surface area contributed by atoms with Gasteiger partial charge in [-0.1, -0.05) is 30.3 Å². The average Bonchev–Trinajstić information content (AvgIpc) is 2.36. The van der Waals surface area contributed by atoms with Gasteiger partial charge in [-0.25, -0.2) is 0 Å². The number of aliphatic hydroxyl groups excluding tert-OH is 1. The van der Waals surface area contributed by atoms with Crippen molar-refractivity contribution in [1.82, 2.24) is 0 Å². The molecule has 1 rings (SSSR count). The number of allylic oxidation sites excluding steroid dienone is 1. The summed E-state index contributed by atoms with van der Waals surface area (Å²) in [6.45, 7) is 5.32. The Labute approximate surface area is 102 Å². The lowest BCUT2D eigenvalue weighted by Crippen LogP contribution is -2.03. The highest BCUT2D eigenvalue weighted by Gasteiger charge is 1.90. The molecule has 0 saturated carbocycles. The number of hydrogen-bond acceptors (Lipinski definition) is 3. The molecule has 0 spiro atoms. The molecule has 0 amide bonds. The highest BCUT2D eigenvalue weighted by molar-refractivity contribution is 5.79. The van der Waals surface area contributed by atoms with Crippen molar-refractivity contribution in [2.45, 2.75) is 6.42 Å². The quantitative estimate of drug-likeness (QED) is 0.423. The van der Waals surface area contributed by atoms with Gasteiger partial charge in [0.2, 0.25) is 0 Å². The van der Waals surface area contributed by atoms with Gasteiger partial charge in [0.25, 0.3) is 0 Å². The summed E-state index contributed by atoms with van der Waals surface area (Å²) in [6.07, 6.45) is 4.62. The maximum absolute atomic E-state index is 8.50. The van der Waals surface area contributed by atoms with Crippen molar-refractivity contribution in [3.63, 3.8) is 0 Å². The number of benzene rings is 1. The summed E-state index contributed by atoms with van der Waals surface area (Å²) in [5.41, 5.74) is 2.34. The second-order valence-corrected chi connectivity index (χ2v) is 3.61. The van der Waals surface area contributed by atoms with Gasteiger partial charge in [0.05, 0.1) is 26.4 Å². The Balaban J connectivity index is 2.30. The minimum Gasteiger partial charge on any atom is -0.394 e. The zero-order valence-electron chi connectivity index (χ0n) is 10.0. The minimum atomic E-state index is 0.0640. The van der Waals surface area contributed by atoms with E-state index in [1.54, 1.807) is 0 Å². The van der Waals surface area contributed by atoms with Crippen molar-refractivity contribution in [3.05, 3.63) is 48.0 Å². The lowest BCUT2D eigenvalue weighted by molar-refractivity contribution is 0.0978. The third kappa shape index (κ3) is 6.00. The van der Waals surface area contributed by atoms with E-state index in [1.807, 2.05) is 24.4 Å². The maximum Gasteiger partial charge on any atom is 0.0698 e. The van der Waals surface area contributed by atoms with Gasteiger partial charge >= 0.3 is 0 Å². The fraction of sp³-hybridized carbons (Fsp3) is 0.357. The van der Waals surface area contributed by atoms with Crippen LogP contribution < -0.4 is 0 Å². The second kappa shape index (κ2) is 8.67. The Morgan fingerprint density at radius 1 is 1.24 bits per heavy atom. The smallest absolute Gasteiger partial charge is 0.0698 e. The SMILES string of the molecule is C=CCc1ccc(C=NCCOCCO)cc1. The number of aliphatic imine (C=N–C) groups is 1. The van der Waals surface area contributed by atoms with E-state index in [0.29, 0.717) is 19.8 Å². The van der Waals surface area contributed by atoms with Crippen LogP contribution in [0.25, 0.3) is 0 Å². The molecule has 1 aromatic carbocycles. The summed E-state index contributed by atoms with van der Waals surface area (Å²) in [7, 11) is 0. The molecule has 0 saturated heterocycles. The average molecular weight is 233 g/mol. The predicted octanol–water partition coefficient (Wildman–Crippen LogP) is 1.84. The first-order chi connectivity index (χ1) is 8.36. The van der Waals surface area contributed by atoms with E-state index in [2.05, 4.69) is 23.7 Å². The first kappa shape index (κ1) is 13.6. The monoisotopic (exact) mass is 233 g/mol. The van der Waals surface area contributed by atoms with Crippen LogP contribution in [0.5, 0.6) is 0 Å². The molecular formula is C14H19NO2. The number of hydrogen-bond donors (Lipinski definition) is 1. The number of rotatable bonds is 8. The topological polar surface area (TPSA) is 41.8 Å². The summed E-state index contributed by atoms with van der Waals surface area (Å²) in [6, 6.07) is 8.23. The van der Waals surface area contributed by atoms with Crippen molar-refractivity contribution >= 4 is 6.21 Å². The van der Waals surface area contributed by atoms with Gasteiger partial charge in [-0.05, 0) is 17.5 Å². The maximum atomic E-state index is 8.50. The first-order valence-corrected chi connectivity index (χ1v) is 5.75. The summed E-state index contributed by atoms with van der Waals surface area (Å²) in [4.78, 5) is 4.24. The van der Waals surface area contributed by atoms with Gasteiger partial charge in [0, 0.05) is 6.21 Å². The fourth-order valence-electron chi connectivity index (χ4n) is 1.36. The lowest BCUT2D eigenvalue weighted by Gasteiger charge is -1.99. The number of ether oxygens (including phenoxy) is 1. The van der Waals surface area contributed by atoms with Crippen LogP contribution in [0.3, 0.4) is 0 Å². The Morgan fingerprint density at radius 3 is 2.65 bits per heavy atom. The van der Waals surface area contributed by atoms with Crippen LogP contribution in [0.2, 0.25) is 0 Å². The molecule has 3 heteroatoms. The fourth-order valence-corrected chi connectivity index (χ4v) is 1.36. The predicted molar refractivity (Wildman–Crippen MR) is 70.7 cm³/mol. The Morgan fingerprint density at radius 2 is 2.00 bits per heavy atom. The van der Waals surface area contributed by atoms with E-state index in [4.69, 9.17) is 9.84 Å². The highest BCUT2D eigenvalue weighted by atomic mass is 16.5. The molecule has 0 atom stereocenters. The molecule has 1 aromatic rings. The number of nitrogens with zero attached hydrogens (tertiary/aromatic N) is 1. The van der Waals surface area contributed by atoms with Crippen LogP contribution in [0.1, 0.15) is 11.1 Å². The molecule has 0 aliphatic rings. The molecule has 3 nitrogen and oxygen atoms in total. The molecule has 0 radical (unpaired) electrons. The van der Waals surface area contributed by atoms with E-state index in [9.17, 15) is 0 Å². The van der Waals surface area contributed by atoms with Gasteiger partial charge < -0.3 is 9.84 Å². The second-order valence-electron chi connectivity index (χ2n) is 3.61. The van der Waals surface area contributed by atoms with Gasteiger partial charge in [-0.3, -0.25) is 4.99 Å². The van der Waals surface area contributed by atoms with Crippen LogP contribution in [0.15, 0.2) is 41.9 Å². The Kier molecular flexibility index (Phi) is 6.95. The molecule has 0 aliphatic carbocycles. The summed E-state index contributed by atoms with van der Waals surface area (Å²) in [5.74, 6) is 0. The normalized spacial score (nSPS) is 10.9. The van der Waals surface area contributed by atoms with E-state index in [0.717, 1.165) is 12.0 Å². The van der Waals surface area contributed by atoms with Crippen LogP contribution in [0.4, 0.5) is 0 Å². The van der Waals surface area contributed by atoms with E-state index in [1.165, 1.54) is 5.56 Å². The zero-order chi connectivity index (χ0) is 12.3. The van der Waals surface area contributed by atoms with Crippen LogP contribution >= 0.6 is 0 Å². The molecule has 0 fully saturated rings. The Hall–Kier alpha value is -1.45. The van der Waals surface area contributed by atoms with Gasteiger partial charge in [0.15, 0.2) is 0 Å². The standard InChI is InChI=1S/C14H19NO2/c1-2-3-13-4-6-14(7-5-13)12-15-8-10-17-11-9-16/h2,4-7,12,16H,1,3,8-11H2. The van der Waals surface area contributed by atoms with Crippen molar-refractivity contribution in [1.29, 1.82) is 0 Å². The summed E-state index contributed by atoms with van der Waals surface area (Å²) >= 11 is 0. The van der Waals surface area contributed by atoms with Crippen LogP contribution in [-0.4, -0.2) is 37.7 Å². The summed E-state index contributed by atoms with van der Waals surface area (Å²) in [5, 5.41) is 8.50. The zero-order valence-corrected chi connectivity index (χ0v) is 10.0. The van der Waals surface area contributed by atoms with E-state index < -0.39 is 0 Å².